The van der Waals surface area contributed by atoms with Crippen molar-refractivity contribution >= 4 is 23.2 Å². The maximum absolute atomic E-state index is 12.6. The van der Waals surface area contributed by atoms with Crippen LogP contribution in [0.15, 0.2) is 35.7 Å². The minimum atomic E-state index is -0.653. The SMILES string of the molecule is Cc1ccccc1-c1csc(C(=O)N[C@@H](CC(C)C)C(=O)NCC#N)c1. The van der Waals surface area contributed by atoms with Gasteiger partial charge in [-0.2, -0.15) is 5.26 Å². The molecule has 0 saturated carbocycles. The van der Waals surface area contributed by atoms with Gasteiger partial charge in [0.1, 0.15) is 12.6 Å². The summed E-state index contributed by atoms with van der Waals surface area (Å²) in [5.41, 5.74) is 3.23. The van der Waals surface area contributed by atoms with Crippen LogP contribution < -0.4 is 10.6 Å². The van der Waals surface area contributed by atoms with Gasteiger partial charge < -0.3 is 10.6 Å². The second-order valence-corrected chi connectivity index (χ2v) is 7.46. The van der Waals surface area contributed by atoms with E-state index in [0.717, 1.165) is 16.7 Å². The summed E-state index contributed by atoms with van der Waals surface area (Å²) < 4.78 is 0. The first-order chi connectivity index (χ1) is 12.4. The number of benzene rings is 1. The molecular formula is C20H23N3O2S. The summed E-state index contributed by atoms with van der Waals surface area (Å²) in [4.78, 5) is 25.4. The van der Waals surface area contributed by atoms with Crippen molar-refractivity contribution in [2.24, 2.45) is 5.92 Å². The number of carbonyl (C=O) groups excluding carboxylic acids is 2. The molecule has 1 aromatic carbocycles. The zero-order valence-electron chi connectivity index (χ0n) is 15.2. The molecule has 2 amide bonds. The Kier molecular flexibility index (Phi) is 6.93. The minimum absolute atomic E-state index is 0.0697. The summed E-state index contributed by atoms with van der Waals surface area (Å²) in [7, 11) is 0. The molecule has 1 heterocycles. The largest absolute Gasteiger partial charge is 0.341 e. The normalized spacial score (nSPS) is 11.7. The van der Waals surface area contributed by atoms with Gasteiger partial charge in [-0.3, -0.25) is 9.59 Å². The number of carbonyl (C=O) groups is 2. The van der Waals surface area contributed by atoms with Crippen LogP contribution in [0.1, 0.15) is 35.5 Å². The predicted molar refractivity (Wildman–Crippen MR) is 104 cm³/mol. The Balaban J connectivity index is 2.13. The second-order valence-electron chi connectivity index (χ2n) is 6.55. The minimum Gasteiger partial charge on any atom is -0.341 e. The number of nitriles is 1. The average Bonchev–Trinajstić information content (AvgIpc) is 3.09. The lowest BCUT2D eigenvalue weighted by molar-refractivity contribution is -0.123. The van der Waals surface area contributed by atoms with E-state index in [9.17, 15) is 9.59 Å². The van der Waals surface area contributed by atoms with Crippen LogP contribution in [0.3, 0.4) is 0 Å². The number of hydrogen-bond donors (Lipinski definition) is 2. The quantitative estimate of drug-likeness (QED) is 0.733. The Morgan fingerprint density at radius 2 is 2.00 bits per heavy atom. The third-order valence-corrected chi connectivity index (χ3v) is 4.88. The van der Waals surface area contributed by atoms with Crippen LogP contribution in [-0.2, 0) is 4.79 Å². The Morgan fingerprint density at radius 1 is 1.27 bits per heavy atom. The van der Waals surface area contributed by atoms with Gasteiger partial charge in [0, 0.05) is 0 Å². The van der Waals surface area contributed by atoms with E-state index in [0.29, 0.717) is 11.3 Å². The van der Waals surface area contributed by atoms with Gasteiger partial charge in [-0.15, -0.1) is 11.3 Å². The van der Waals surface area contributed by atoms with Gasteiger partial charge in [0.15, 0.2) is 0 Å². The molecule has 0 aliphatic heterocycles. The van der Waals surface area contributed by atoms with Crippen LogP contribution in [-0.4, -0.2) is 24.4 Å². The first-order valence-corrected chi connectivity index (χ1v) is 9.40. The molecule has 0 spiro atoms. The summed E-state index contributed by atoms with van der Waals surface area (Å²) in [6, 6.07) is 11.1. The maximum atomic E-state index is 12.6. The number of nitrogens with one attached hydrogen (secondary N) is 2. The van der Waals surface area contributed by atoms with E-state index in [-0.39, 0.29) is 24.3 Å². The van der Waals surface area contributed by atoms with Crippen molar-refractivity contribution in [3.05, 3.63) is 46.2 Å². The van der Waals surface area contributed by atoms with Crippen LogP contribution in [0.4, 0.5) is 0 Å². The van der Waals surface area contributed by atoms with Gasteiger partial charge >= 0.3 is 0 Å². The number of thiophene rings is 1. The molecule has 0 aliphatic rings. The average molecular weight is 369 g/mol. The highest BCUT2D eigenvalue weighted by Crippen LogP contribution is 2.28. The molecule has 0 aliphatic carbocycles. The predicted octanol–water partition coefficient (Wildman–Crippen LogP) is 3.51. The van der Waals surface area contributed by atoms with Gasteiger partial charge in [0.05, 0.1) is 10.9 Å². The monoisotopic (exact) mass is 369 g/mol. The molecule has 0 fully saturated rings. The van der Waals surface area contributed by atoms with Crippen LogP contribution in [0.25, 0.3) is 11.1 Å². The number of hydrogen-bond acceptors (Lipinski definition) is 4. The van der Waals surface area contributed by atoms with Crippen LogP contribution in [0, 0.1) is 24.2 Å². The Morgan fingerprint density at radius 3 is 2.65 bits per heavy atom. The number of nitrogens with zero attached hydrogens (tertiary/aromatic N) is 1. The Hall–Kier alpha value is -2.65. The number of aryl methyl sites for hydroxylation is 1. The first kappa shape index (κ1) is 19.7. The molecule has 0 saturated heterocycles. The molecule has 0 unspecified atom stereocenters. The van der Waals surface area contributed by atoms with Gasteiger partial charge in [-0.1, -0.05) is 38.1 Å². The summed E-state index contributed by atoms with van der Waals surface area (Å²) in [6.07, 6.45) is 0.513. The smallest absolute Gasteiger partial charge is 0.262 e. The second kappa shape index (κ2) is 9.16. The molecule has 1 aromatic heterocycles. The van der Waals surface area contributed by atoms with E-state index < -0.39 is 6.04 Å². The number of rotatable bonds is 7. The molecule has 26 heavy (non-hydrogen) atoms. The third kappa shape index (κ3) is 5.17. The van der Waals surface area contributed by atoms with Crippen molar-refractivity contribution in [3.63, 3.8) is 0 Å². The lowest BCUT2D eigenvalue weighted by atomic mass is 10.0. The van der Waals surface area contributed by atoms with E-state index >= 15 is 0 Å². The fraction of sp³-hybridized carbons (Fsp3) is 0.350. The lowest BCUT2D eigenvalue weighted by Gasteiger charge is -2.19. The van der Waals surface area contributed by atoms with Crippen LogP contribution in [0.2, 0.25) is 0 Å². The van der Waals surface area contributed by atoms with Crippen molar-refractivity contribution in [1.82, 2.24) is 10.6 Å². The highest BCUT2D eigenvalue weighted by molar-refractivity contribution is 7.12. The van der Waals surface area contributed by atoms with Gasteiger partial charge in [0.25, 0.3) is 5.91 Å². The van der Waals surface area contributed by atoms with Gasteiger partial charge in [0.2, 0.25) is 5.91 Å². The summed E-state index contributed by atoms with van der Waals surface area (Å²) in [6.45, 7) is 5.93. The molecule has 0 bridgehead atoms. The highest BCUT2D eigenvalue weighted by Gasteiger charge is 2.23. The molecule has 2 N–H and O–H groups in total. The molecule has 6 heteroatoms. The fourth-order valence-electron chi connectivity index (χ4n) is 2.68. The van der Waals surface area contributed by atoms with Crippen molar-refractivity contribution in [2.45, 2.75) is 33.2 Å². The first-order valence-electron chi connectivity index (χ1n) is 8.52. The molecule has 2 aromatic rings. The van der Waals surface area contributed by atoms with Crippen molar-refractivity contribution in [2.75, 3.05) is 6.54 Å². The third-order valence-electron chi connectivity index (χ3n) is 3.95. The van der Waals surface area contributed by atoms with E-state index in [1.54, 1.807) is 0 Å². The number of amides is 2. The molecule has 0 radical (unpaired) electrons. The standard InChI is InChI=1S/C20H23N3O2S/c1-13(2)10-17(19(24)22-9-8-21)23-20(25)18-11-15(12-26-18)16-7-5-4-6-14(16)3/h4-7,11-13,17H,9-10H2,1-3H3,(H,22,24)(H,23,25)/t17-/m0/s1. The van der Waals surface area contributed by atoms with Gasteiger partial charge in [-0.25, -0.2) is 0 Å². The lowest BCUT2D eigenvalue weighted by Crippen LogP contribution is -2.47. The van der Waals surface area contributed by atoms with E-state index in [1.807, 2.05) is 62.6 Å². The Bertz CT molecular complexity index is 820. The van der Waals surface area contributed by atoms with Crippen LogP contribution in [0.5, 0.6) is 0 Å². The summed E-state index contributed by atoms with van der Waals surface area (Å²) in [5, 5.41) is 15.9. The summed E-state index contributed by atoms with van der Waals surface area (Å²) in [5.74, 6) is -0.365. The van der Waals surface area contributed by atoms with Crippen molar-refractivity contribution < 1.29 is 9.59 Å². The molecular weight excluding hydrogens is 346 g/mol. The van der Waals surface area contributed by atoms with Crippen molar-refractivity contribution in [1.29, 1.82) is 5.26 Å². The molecule has 5 nitrogen and oxygen atoms in total. The van der Waals surface area contributed by atoms with E-state index in [4.69, 9.17) is 5.26 Å². The zero-order valence-corrected chi connectivity index (χ0v) is 16.0. The molecule has 2 rings (SSSR count). The highest BCUT2D eigenvalue weighted by atomic mass is 32.1. The van der Waals surface area contributed by atoms with Crippen molar-refractivity contribution in [3.8, 4) is 17.2 Å². The van der Waals surface area contributed by atoms with E-state index in [1.165, 1.54) is 11.3 Å². The maximum Gasteiger partial charge on any atom is 0.262 e. The van der Waals surface area contributed by atoms with Gasteiger partial charge in [-0.05, 0) is 47.4 Å². The van der Waals surface area contributed by atoms with E-state index in [2.05, 4.69) is 10.6 Å². The zero-order chi connectivity index (χ0) is 19.1. The fourth-order valence-corrected chi connectivity index (χ4v) is 3.49. The summed E-state index contributed by atoms with van der Waals surface area (Å²) >= 11 is 1.36. The molecule has 136 valence electrons. The Labute approximate surface area is 158 Å². The molecule has 1 atom stereocenters. The topological polar surface area (TPSA) is 82.0 Å². The van der Waals surface area contributed by atoms with Crippen LogP contribution >= 0.6 is 11.3 Å².